The molecular weight excluding hydrogens is 350 g/mol. The van der Waals surface area contributed by atoms with Crippen LogP contribution in [-0.4, -0.2) is 24.5 Å². The number of imidazole rings is 1. The summed E-state index contributed by atoms with van der Waals surface area (Å²) in [5, 5.41) is 3.16. The van der Waals surface area contributed by atoms with Crippen LogP contribution in [0, 0.1) is 0 Å². The van der Waals surface area contributed by atoms with E-state index in [1.807, 2.05) is 53.7 Å². The second-order valence-corrected chi connectivity index (χ2v) is 8.09. The Kier molecular flexibility index (Phi) is 3.57. The van der Waals surface area contributed by atoms with Gasteiger partial charge < -0.3 is 4.57 Å². The van der Waals surface area contributed by atoms with Crippen LogP contribution >= 0.6 is 23.1 Å². The standard InChI is InChI=1S/C18H15N5S2/c1-23-9-8-20-18(23)25-17-14-12-5-2-6-13(12)24-16(14)21-15(22-17)11-4-3-7-19-10-11/h3-4,7-10H,2,5-6H2,1H3. The molecule has 25 heavy (non-hydrogen) atoms. The molecule has 0 N–H and O–H groups in total. The maximum atomic E-state index is 4.90. The molecule has 0 atom stereocenters. The highest BCUT2D eigenvalue weighted by Crippen LogP contribution is 2.42. The van der Waals surface area contributed by atoms with Gasteiger partial charge in [-0.15, -0.1) is 11.3 Å². The van der Waals surface area contributed by atoms with Crippen molar-refractivity contribution in [2.24, 2.45) is 7.05 Å². The van der Waals surface area contributed by atoms with Gasteiger partial charge >= 0.3 is 0 Å². The predicted molar refractivity (Wildman–Crippen MR) is 100 cm³/mol. The third kappa shape index (κ3) is 2.54. The molecule has 1 aliphatic carbocycles. The van der Waals surface area contributed by atoms with Gasteiger partial charge in [-0.2, -0.15) is 0 Å². The van der Waals surface area contributed by atoms with Crippen molar-refractivity contribution < 1.29 is 0 Å². The number of rotatable bonds is 3. The topological polar surface area (TPSA) is 56.5 Å². The van der Waals surface area contributed by atoms with Crippen LogP contribution < -0.4 is 0 Å². The average molecular weight is 365 g/mol. The maximum Gasteiger partial charge on any atom is 0.174 e. The van der Waals surface area contributed by atoms with Crippen molar-refractivity contribution >= 4 is 33.3 Å². The summed E-state index contributed by atoms with van der Waals surface area (Å²) in [5.41, 5.74) is 2.38. The smallest absolute Gasteiger partial charge is 0.174 e. The molecule has 0 unspecified atom stereocenters. The third-order valence-electron chi connectivity index (χ3n) is 4.42. The third-order valence-corrected chi connectivity index (χ3v) is 6.67. The predicted octanol–water partition coefficient (Wildman–Crippen LogP) is 4.13. The minimum Gasteiger partial charge on any atom is -0.329 e. The molecule has 4 aromatic rings. The van der Waals surface area contributed by atoms with E-state index in [-0.39, 0.29) is 0 Å². The van der Waals surface area contributed by atoms with E-state index in [1.54, 1.807) is 18.0 Å². The molecule has 124 valence electrons. The summed E-state index contributed by atoms with van der Waals surface area (Å²) in [6.07, 6.45) is 10.9. The fourth-order valence-electron chi connectivity index (χ4n) is 3.20. The van der Waals surface area contributed by atoms with E-state index in [9.17, 15) is 0 Å². The number of aryl methyl sites for hydroxylation is 3. The van der Waals surface area contributed by atoms with Crippen molar-refractivity contribution in [2.75, 3.05) is 0 Å². The zero-order valence-electron chi connectivity index (χ0n) is 13.6. The van der Waals surface area contributed by atoms with Crippen molar-refractivity contribution in [1.82, 2.24) is 24.5 Å². The molecule has 0 radical (unpaired) electrons. The van der Waals surface area contributed by atoms with Crippen LogP contribution in [0.1, 0.15) is 16.9 Å². The van der Waals surface area contributed by atoms with Gasteiger partial charge in [0.15, 0.2) is 11.0 Å². The molecule has 0 spiro atoms. The fraction of sp³-hybridized carbons (Fsp3) is 0.222. The minimum absolute atomic E-state index is 0.734. The van der Waals surface area contributed by atoms with Crippen molar-refractivity contribution in [3.05, 3.63) is 47.4 Å². The molecule has 0 amide bonds. The second-order valence-electron chi connectivity index (χ2n) is 6.05. The molecule has 0 fully saturated rings. The summed E-state index contributed by atoms with van der Waals surface area (Å²) >= 11 is 3.43. The number of aromatic nitrogens is 5. The first kappa shape index (κ1) is 15.0. The summed E-state index contributed by atoms with van der Waals surface area (Å²) in [6.45, 7) is 0. The van der Waals surface area contributed by atoms with Crippen molar-refractivity contribution in [2.45, 2.75) is 29.4 Å². The summed E-state index contributed by atoms with van der Waals surface area (Å²) in [7, 11) is 2.01. The Hall–Kier alpha value is -2.25. The van der Waals surface area contributed by atoms with E-state index in [0.717, 1.165) is 39.2 Å². The van der Waals surface area contributed by atoms with Crippen molar-refractivity contribution in [1.29, 1.82) is 0 Å². The Labute approximate surface area is 153 Å². The Morgan fingerprint density at radius 1 is 1.20 bits per heavy atom. The van der Waals surface area contributed by atoms with Crippen LogP contribution in [0.15, 0.2) is 47.1 Å². The quantitative estimate of drug-likeness (QED) is 0.511. The SMILES string of the molecule is Cn1ccnc1Sc1nc(-c2cccnc2)nc2sc3c(c12)CCC3. The second kappa shape index (κ2) is 5.93. The summed E-state index contributed by atoms with van der Waals surface area (Å²) in [4.78, 5) is 21.0. The van der Waals surface area contributed by atoms with E-state index in [2.05, 4.69) is 9.97 Å². The molecule has 4 heterocycles. The van der Waals surface area contributed by atoms with E-state index in [4.69, 9.17) is 9.97 Å². The number of thiophene rings is 1. The van der Waals surface area contributed by atoms with Crippen molar-refractivity contribution in [3.8, 4) is 11.4 Å². The summed E-state index contributed by atoms with van der Waals surface area (Å²) in [5.74, 6) is 0.734. The highest BCUT2D eigenvalue weighted by molar-refractivity contribution is 7.99. The van der Waals surface area contributed by atoms with Crippen LogP contribution in [-0.2, 0) is 19.9 Å². The van der Waals surface area contributed by atoms with E-state index in [0.29, 0.717) is 0 Å². The van der Waals surface area contributed by atoms with Gasteiger partial charge in [-0.05, 0) is 48.7 Å². The Balaban J connectivity index is 1.73. The molecule has 1 aliphatic rings. The largest absolute Gasteiger partial charge is 0.329 e. The first-order valence-corrected chi connectivity index (χ1v) is 9.81. The van der Waals surface area contributed by atoms with Gasteiger partial charge in [0.2, 0.25) is 0 Å². The van der Waals surface area contributed by atoms with Gasteiger partial charge in [0.05, 0.1) is 0 Å². The minimum atomic E-state index is 0.734. The average Bonchev–Trinajstić information content (AvgIpc) is 3.32. The lowest BCUT2D eigenvalue weighted by Gasteiger charge is -2.07. The lowest BCUT2D eigenvalue weighted by atomic mass is 10.2. The van der Waals surface area contributed by atoms with Gasteiger partial charge in [0.25, 0.3) is 0 Å². The van der Waals surface area contributed by atoms with Crippen molar-refractivity contribution in [3.63, 3.8) is 0 Å². The maximum absolute atomic E-state index is 4.90. The molecule has 5 nitrogen and oxygen atoms in total. The molecule has 0 aromatic carbocycles. The molecule has 4 aromatic heterocycles. The molecular formula is C18H15N5S2. The number of hydrogen-bond acceptors (Lipinski definition) is 6. The molecule has 7 heteroatoms. The lowest BCUT2D eigenvalue weighted by molar-refractivity contribution is 0.789. The number of pyridine rings is 1. The normalized spacial score (nSPS) is 13.5. The fourth-order valence-corrected chi connectivity index (χ4v) is 5.47. The highest BCUT2D eigenvalue weighted by atomic mass is 32.2. The summed E-state index contributed by atoms with van der Waals surface area (Å²) < 4.78 is 2.02. The van der Waals surface area contributed by atoms with E-state index < -0.39 is 0 Å². The molecule has 0 saturated heterocycles. The summed E-state index contributed by atoms with van der Waals surface area (Å²) in [6, 6.07) is 3.92. The van der Waals surface area contributed by atoms with Crippen LogP contribution in [0.2, 0.25) is 0 Å². The first-order chi connectivity index (χ1) is 12.3. The van der Waals surface area contributed by atoms with Gasteiger partial charge in [-0.1, -0.05) is 0 Å². The lowest BCUT2D eigenvalue weighted by Crippen LogP contribution is -1.96. The Bertz CT molecular complexity index is 1070. The Morgan fingerprint density at radius 2 is 2.16 bits per heavy atom. The molecule has 5 rings (SSSR count). The molecule has 0 bridgehead atoms. The van der Waals surface area contributed by atoms with Crippen LogP contribution in [0.5, 0.6) is 0 Å². The van der Waals surface area contributed by atoms with E-state index >= 15 is 0 Å². The number of fused-ring (bicyclic) bond motifs is 3. The Morgan fingerprint density at radius 3 is 2.96 bits per heavy atom. The van der Waals surface area contributed by atoms with E-state index in [1.165, 1.54) is 22.2 Å². The highest BCUT2D eigenvalue weighted by Gasteiger charge is 2.23. The number of hydrogen-bond donors (Lipinski definition) is 0. The monoisotopic (exact) mass is 365 g/mol. The van der Waals surface area contributed by atoms with Gasteiger partial charge in [-0.25, -0.2) is 15.0 Å². The number of nitrogens with zero attached hydrogens (tertiary/aromatic N) is 5. The molecule has 0 saturated carbocycles. The first-order valence-electron chi connectivity index (χ1n) is 8.17. The van der Waals surface area contributed by atoms with Gasteiger partial charge in [0, 0.05) is 47.7 Å². The van der Waals surface area contributed by atoms with Crippen LogP contribution in [0.25, 0.3) is 21.6 Å². The van der Waals surface area contributed by atoms with Crippen LogP contribution in [0.3, 0.4) is 0 Å². The zero-order chi connectivity index (χ0) is 16.8. The molecule has 0 aliphatic heterocycles. The zero-order valence-corrected chi connectivity index (χ0v) is 15.3. The van der Waals surface area contributed by atoms with Gasteiger partial charge in [0.1, 0.15) is 9.86 Å². The van der Waals surface area contributed by atoms with Crippen LogP contribution in [0.4, 0.5) is 0 Å². The van der Waals surface area contributed by atoms with Gasteiger partial charge in [-0.3, -0.25) is 4.98 Å².